The second-order valence-corrected chi connectivity index (χ2v) is 3.74. The fourth-order valence-electron chi connectivity index (χ4n) is 1.26. The molecule has 98 valence electrons. The molecule has 0 aliphatic carbocycles. The normalized spacial score (nSPS) is 13.4. The van der Waals surface area contributed by atoms with Gasteiger partial charge in [-0.3, -0.25) is 4.98 Å². The Morgan fingerprint density at radius 1 is 1.39 bits per heavy atom. The maximum absolute atomic E-state index is 11.4. The first kappa shape index (κ1) is 13.9. The van der Waals surface area contributed by atoms with Crippen LogP contribution in [-0.2, 0) is 11.3 Å². The van der Waals surface area contributed by atoms with Crippen LogP contribution < -0.4 is 10.6 Å². The highest BCUT2D eigenvalue weighted by Crippen LogP contribution is 1.96. The Balaban J connectivity index is 2.44. The number of hydrogen-bond acceptors (Lipinski definition) is 4. The van der Waals surface area contributed by atoms with Crippen LogP contribution in [0.3, 0.4) is 0 Å². The first-order valence-electron chi connectivity index (χ1n) is 5.35. The van der Waals surface area contributed by atoms with Crippen molar-refractivity contribution in [3.63, 3.8) is 0 Å². The quantitative estimate of drug-likeness (QED) is 0.576. The number of pyridine rings is 1. The largest absolute Gasteiger partial charge is 0.480 e. The average Bonchev–Trinajstić information content (AvgIpc) is 2.34. The summed E-state index contributed by atoms with van der Waals surface area (Å²) in [5.74, 6) is -1.29. The average molecular weight is 253 g/mol. The monoisotopic (exact) mass is 253 g/mol. The number of aromatic nitrogens is 1. The molecule has 0 fully saturated rings. The molecule has 2 unspecified atom stereocenters. The third-order valence-corrected chi connectivity index (χ3v) is 2.24. The van der Waals surface area contributed by atoms with Crippen molar-refractivity contribution in [3.05, 3.63) is 30.1 Å². The lowest BCUT2D eigenvalue weighted by Crippen LogP contribution is -2.50. The van der Waals surface area contributed by atoms with Crippen LogP contribution in [0.2, 0.25) is 0 Å². The molecular formula is C11H15N3O4. The van der Waals surface area contributed by atoms with Gasteiger partial charge in [-0.05, 0) is 24.6 Å². The highest BCUT2D eigenvalue weighted by atomic mass is 16.4. The van der Waals surface area contributed by atoms with Crippen LogP contribution >= 0.6 is 0 Å². The second-order valence-electron chi connectivity index (χ2n) is 3.74. The van der Waals surface area contributed by atoms with Gasteiger partial charge < -0.3 is 20.8 Å². The van der Waals surface area contributed by atoms with Crippen molar-refractivity contribution in [3.8, 4) is 0 Å². The van der Waals surface area contributed by atoms with E-state index < -0.39 is 24.1 Å². The number of carboxylic acid groups (broad SMARTS) is 1. The van der Waals surface area contributed by atoms with Crippen LogP contribution in [0.5, 0.6) is 0 Å². The summed E-state index contributed by atoms with van der Waals surface area (Å²) in [4.78, 5) is 26.0. The molecule has 2 atom stereocenters. The molecule has 0 aliphatic rings. The third kappa shape index (κ3) is 4.38. The molecule has 2 amide bonds. The van der Waals surface area contributed by atoms with E-state index >= 15 is 0 Å². The van der Waals surface area contributed by atoms with Crippen LogP contribution in [0.15, 0.2) is 24.5 Å². The highest BCUT2D eigenvalue weighted by molar-refractivity contribution is 5.82. The number of aliphatic hydroxyl groups excluding tert-OH is 1. The van der Waals surface area contributed by atoms with Crippen LogP contribution in [0, 0.1) is 0 Å². The predicted octanol–water partition coefficient (Wildman–Crippen LogP) is -0.285. The molecule has 1 aromatic heterocycles. The summed E-state index contributed by atoms with van der Waals surface area (Å²) in [6.45, 7) is 1.54. The van der Waals surface area contributed by atoms with E-state index in [1.165, 1.54) is 6.92 Å². The Kier molecular flexibility index (Phi) is 5.06. The van der Waals surface area contributed by atoms with Crippen LogP contribution in [0.1, 0.15) is 12.5 Å². The number of hydrogen-bond donors (Lipinski definition) is 4. The molecule has 18 heavy (non-hydrogen) atoms. The number of aliphatic hydroxyl groups is 1. The number of urea groups is 1. The van der Waals surface area contributed by atoms with Crippen molar-refractivity contribution in [2.45, 2.75) is 25.6 Å². The number of nitrogens with zero attached hydrogens (tertiary/aromatic N) is 1. The van der Waals surface area contributed by atoms with E-state index in [-0.39, 0.29) is 6.54 Å². The Bertz CT molecular complexity index is 408. The van der Waals surface area contributed by atoms with E-state index in [2.05, 4.69) is 15.6 Å². The van der Waals surface area contributed by atoms with Crippen molar-refractivity contribution < 1.29 is 19.8 Å². The Morgan fingerprint density at radius 2 is 2.00 bits per heavy atom. The van der Waals surface area contributed by atoms with Crippen molar-refractivity contribution in [1.29, 1.82) is 0 Å². The number of carbonyl (C=O) groups excluding carboxylic acids is 1. The minimum atomic E-state index is -1.33. The van der Waals surface area contributed by atoms with E-state index in [1.54, 1.807) is 24.5 Å². The zero-order valence-electron chi connectivity index (χ0n) is 9.83. The van der Waals surface area contributed by atoms with Crippen molar-refractivity contribution in [1.82, 2.24) is 15.6 Å². The zero-order valence-corrected chi connectivity index (χ0v) is 9.83. The molecule has 7 heteroatoms. The Labute approximate surface area is 104 Å². The minimum Gasteiger partial charge on any atom is -0.480 e. The molecule has 0 spiro atoms. The molecule has 1 aromatic rings. The number of carboxylic acids is 1. The molecule has 0 saturated heterocycles. The molecule has 4 N–H and O–H groups in total. The lowest BCUT2D eigenvalue weighted by molar-refractivity contribution is -0.141. The van der Waals surface area contributed by atoms with Gasteiger partial charge in [0.05, 0.1) is 6.10 Å². The lowest BCUT2D eigenvalue weighted by Gasteiger charge is -2.17. The molecule has 0 aliphatic heterocycles. The molecule has 0 aromatic carbocycles. The summed E-state index contributed by atoms with van der Waals surface area (Å²) in [7, 11) is 0. The van der Waals surface area contributed by atoms with E-state index in [9.17, 15) is 14.7 Å². The molecule has 1 heterocycles. The lowest BCUT2D eigenvalue weighted by atomic mass is 10.2. The number of rotatable bonds is 5. The Morgan fingerprint density at radius 3 is 2.50 bits per heavy atom. The molecule has 0 bridgehead atoms. The van der Waals surface area contributed by atoms with Gasteiger partial charge in [0.2, 0.25) is 0 Å². The van der Waals surface area contributed by atoms with Gasteiger partial charge in [0, 0.05) is 18.9 Å². The third-order valence-electron chi connectivity index (χ3n) is 2.24. The summed E-state index contributed by atoms with van der Waals surface area (Å²) in [6, 6.07) is 1.47. The predicted molar refractivity (Wildman–Crippen MR) is 62.7 cm³/mol. The number of nitrogens with one attached hydrogen (secondary N) is 2. The SMILES string of the molecule is CC(O)C(NC(=O)NCc1ccncc1)C(=O)O. The fraction of sp³-hybridized carbons (Fsp3) is 0.364. The molecule has 7 nitrogen and oxygen atoms in total. The summed E-state index contributed by atoms with van der Waals surface area (Å²) in [6.07, 6.45) is 2.00. The molecule has 1 rings (SSSR count). The highest BCUT2D eigenvalue weighted by Gasteiger charge is 2.24. The van der Waals surface area contributed by atoms with Gasteiger partial charge >= 0.3 is 12.0 Å². The molecule has 0 radical (unpaired) electrons. The number of carbonyl (C=O) groups is 2. The van der Waals surface area contributed by atoms with Gasteiger partial charge in [0.1, 0.15) is 0 Å². The van der Waals surface area contributed by atoms with Gasteiger partial charge in [0.15, 0.2) is 6.04 Å². The van der Waals surface area contributed by atoms with E-state index in [4.69, 9.17) is 5.11 Å². The van der Waals surface area contributed by atoms with E-state index in [0.29, 0.717) is 0 Å². The number of amides is 2. The first-order chi connectivity index (χ1) is 8.50. The molecular weight excluding hydrogens is 238 g/mol. The standard InChI is InChI=1S/C11H15N3O4/c1-7(15)9(10(16)17)14-11(18)13-6-8-2-4-12-5-3-8/h2-5,7,9,15H,6H2,1H3,(H,16,17)(H2,13,14,18). The summed E-state index contributed by atoms with van der Waals surface area (Å²) >= 11 is 0. The van der Waals surface area contributed by atoms with Gasteiger partial charge in [-0.1, -0.05) is 0 Å². The van der Waals surface area contributed by atoms with E-state index in [0.717, 1.165) is 5.56 Å². The van der Waals surface area contributed by atoms with Crippen LogP contribution in [0.4, 0.5) is 4.79 Å². The van der Waals surface area contributed by atoms with E-state index in [1.807, 2.05) is 0 Å². The summed E-state index contributed by atoms with van der Waals surface area (Å²) < 4.78 is 0. The smallest absolute Gasteiger partial charge is 0.328 e. The number of aliphatic carboxylic acids is 1. The zero-order chi connectivity index (χ0) is 13.5. The maximum Gasteiger partial charge on any atom is 0.328 e. The molecule has 0 saturated carbocycles. The minimum absolute atomic E-state index is 0.250. The topological polar surface area (TPSA) is 112 Å². The van der Waals surface area contributed by atoms with Crippen LogP contribution in [0.25, 0.3) is 0 Å². The first-order valence-corrected chi connectivity index (χ1v) is 5.35. The van der Waals surface area contributed by atoms with Gasteiger partial charge in [0.25, 0.3) is 0 Å². The fourth-order valence-corrected chi connectivity index (χ4v) is 1.26. The van der Waals surface area contributed by atoms with Crippen molar-refractivity contribution >= 4 is 12.0 Å². The van der Waals surface area contributed by atoms with Gasteiger partial charge in [-0.25, -0.2) is 9.59 Å². The van der Waals surface area contributed by atoms with Crippen molar-refractivity contribution in [2.75, 3.05) is 0 Å². The van der Waals surface area contributed by atoms with Crippen LogP contribution in [-0.4, -0.2) is 39.3 Å². The second kappa shape index (κ2) is 6.55. The summed E-state index contributed by atoms with van der Waals surface area (Å²) in [5.41, 5.74) is 0.837. The Hall–Kier alpha value is -2.15. The van der Waals surface area contributed by atoms with Gasteiger partial charge in [-0.2, -0.15) is 0 Å². The van der Waals surface area contributed by atoms with Crippen molar-refractivity contribution in [2.24, 2.45) is 0 Å². The summed E-state index contributed by atoms with van der Waals surface area (Å²) in [5, 5.41) is 22.6. The van der Waals surface area contributed by atoms with Gasteiger partial charge in [-0.15, -0.1) is 0 Å². The maximum atomic E-state index is 11.4.